The van der Waals surface area contributed by atoms with Gasteiger partial charge in [-0.25, -0.2) is 0 Å². The van der Waals surface area contributed by atoms with Gasteiger partial charge >= 0.3 is 6.18 Å². The highest BCUT2D eigenvalue weighted by Crippen LogP contribution is 2.38. The highest BCUT2D eigenvalue weighted by Gasteiger charge is 2.33. The quantitative estimate of drug-likeness (QED) is 0.658. The van der Waals surface area contributed by atoms with Gasteiger partial charge in [0.1, 0.15) is 11.9 Å². The molecule has 1 aliphatic heterocycles. The van der Waals surface area contributed by atoms with Crippen LogP contribution in [0, 0.1) is 6.92 Å². The van der Waals surface area contributed by atoms with Crippen molar-refractivity contribution in [2.75, 3.05) is 18.8 Å². The first-order valence-electron chi connectivity index (χ1n) is 9.85. The lowest BCUT2D eigenvalue weighted by Gasteiger charge is -2.20. The van der Waals surface area contributed by atoms with E-state index in [9.17, 15) is 13.2 Å². The molecule has 0 bridgehead atoms. The van der Waals surface area contributed by atoms with Crippen LogP contribution in [0.1, 0.15) is 41.6 Å². The van der Waals surface area contributed by atoms with Crippen LogP contribution in [0.2, 0.25) is 0 Å². The molecule has 0 saturated carbocycles. The van der Waals surface area contributed by atoms with Crippen molar-refractivity contribution in [1.29, 1.82) is 0 Å². The number of alkyl halides is 3. The molecule has 2 atom stereocenters. The maximum Gasteiger partial charge on any atom is 0.416 e. The molecule has 0 spiro atoms. The minimum absolute atomic E-state index is 0.102. The number of halogens is 3. The normalized spacial score (nSPS) is 18.0. The fourth-order valence-corrected chi connectivity index (χ4v) is 4.07. The maximum atomic E-state index is 13.3. The minimum atomic E-state index is -4.41. The Morgan fingerprint density at radius 1 is 1.17 bits per heavy atom. The molecule has 0 unspecified atom stereocenters. The van der Waals surface area contributed by atoms with Crippen LogP contribution in [-0.2, 0) is 6.18 Å². The fourth-order valence-electron chi connectivity index (χ4n) is 4.07. The summed E-state index contributed by atoms with van der Waals surface area (Å²) in [6.07, 6.45) is -3.38. The van der Waals surface area contributed by atoms with Gasteiger partial charge in [-0.15, -0.1) is 5.10 Å². The Morgan fingerprint density at radius 3 is 2.67 bits per heavy atom. The molecule has 1 fully saturated rings. The second-order valence-electron chi connectivity index (χ2n) is 7.65. The minimum Gasteiger partial charge on any atom is -0.489 e. The molecule has 2 heterocycles. The smallest absolute Gasteiger partial charge is 0.416 e. The van der Waals surface area contributed by atoms with Gasteiger partial charge in [0, 0.05) is 23.2 Å². The molecule has 158 valence electrons. The summed E-state index contributed by atoms with van der Waals surface area (Å²) >= 11 is 0. The third-order valence-corrected chi connectivity index (χ3v) is 5.68. The van der Waals surface area contributed by atoms with Gasteiger partial charge in [0.2, 0.25) is 0 Å². The summed E-state index contributed by atoms with van der Waals surface area (Å²) in [6.45, 7) is 5.03. The maximum absolute atomic E-state index is 13.3. The number of nitrogens with zero attached hydrogens (tertiary/aromatic N) is 2. The Balaban J connectivity index is 1.75. The molecule has 3 N–H and O–H groups in total. The van der Waals surface area contributed by atoms with Gasteiger partial charge in [-0.3, -0.25) is 0 Å². The zero-order valence-electron chi connectivity index (χ0n) is 16.8. The number of hydrogen-bond donors (Lipinski definition) is 2. The Labute approximate surface area is 172 Å². The highest BCUT2D eigenvalue weighted by molar-refractivity contribution is 5.93. The molecule has 8 heteroatoms. The molecule has 30 heavy (non-hydrogen) atoms. The monoisotopic (exact) mass is 416 g/mol. The van der Waals surface area contributed by atoms with Crippen molar-refractivity contribution in [3.05, 3.63) is 58.8 Å². The summed E-state index contributed by atoms with van der Waals surface area (Å²) in [5.41, 5.74) is 6.75. The van der Waals surface area contributed by atoms with E-state index in [0.717, 1.165) is 31.0 Å². The van der Waals surface area contributed by atoms with E-state index in [0.29, 0.717) is 22.4 Å². The number of benzene rings is 2. The van der Waals surface area contributed by atoms with E-state index in [1.807, 2.05) is 25.1 Å². The number of anilines is 1. The predicted octanol–water partition coefficient (Wildman–Crippen LogP) is 4.43. The second-order valence-corrected chi connectivity index (χ2v) is 7.65. The van der Waals surface area contributed by atoms with Crippen LogP contribution >= 0.6 is 0 Å². The molecule has 0 amide bonds. The molecule has 2 aromatic carbocycles. The molecule has 4 rings (SSSR count). The zero-order chi connectivity index (χ0) is 21.5. The first-order valence-corrected chi connectivity index (χ1v) is 9.85. The number of aromatic nitrogens is 2. The van der Waals surface area contributed by atoms with Gasteiger partial charge < -0.3 is 15.8 Å². The van der Waals surface area contributed by atoms with E-state index in [-0.39, 0.29) is 17.5 Å². The Morgan fingerprint density at radius 2 is 1.97 bits per heavy atom. The fraction of sp³-hybridized carbons (Fsp3) is 0.364. The molecular weight excluding hydrogens is 393 g/mol. The van der Waals surface area contributed by atoms with Crippen molar-refractivity contribution in [1.82, 2.24) is 15.5 Å². The molecule has 0 radical (unpaired) electrons. The topological polar surface area (TPSA) is 73.1 Å². The van der Waals surface area contributed by atoms with Crippen molar-refractivity contribution in [2.45, 2.75) is 38.5 Å². The van der Waals surface area contributed by atoms with Gasteiger partial charge in [-0.05, 0) is 55.3 Å². The Kier molecular flexibility index (Phi) is 5.27. The molecule has 1 saturated heterocycles. The summed E-state index contributed by atoms with van der Waals surface area (Å²) in [7, 11) is 0. The third-order valence-electron chi connectivity index (χ3n) is 5.68. The van der Waals surface area contributed by atoms with Crippen molar-refractivity contribution >= 4 is 16.6 Å². The van der Waals surface area contributed by atoms with Gasteiger partial charge in [0.05, 0.1) is 11.3 Å². The Bertz CT molecular complexity index is 1080. The summed E-state index contributed by atoms with van der Waals surface area (Å²) < 4.78 is 46.1. The summed E-state index contributed by atoms with van der Waals surface area (Å²) in [5, 5.41) is 13.0. The second kappa shape index (κ2) is 7.75. The summed E-state index contributed by atoms with van der Waals surface area (Å²) in [5.74, 6) is 0.551. The number of ether oxygens (including phenoxy) is 1. The molecule has 5 nitrogen and oxygen atoms in total. The average Bonchev–Trinajstić information content (AvgIpc) is 3.20. The molecule has 1 aliphatic rings. The van der Waals surface area contributed by atoms with Crippen molar-refractivity contribution in [2.24, 2.45) is 0 Å². The van der Waals surface area contributed by atoms with Crippen LogP contribution in [0.5, 0.6) is 5.75 Å². The van der Waals surface area contributed by atoms with Gasteiger partial charge in [0.25, 0.3) is 0 Å². The van der Waals surface area contributed by atoms with Crippen LogP contribution in [0.15, 0.2) is 36.4 Å². The largest absolute Gasteiger partial charge is 0.489 e. The lowest BCUT2D eigenvalue weighted by atomic mass is 9.89. The van der Waals surface area contributed by atoms with E-state index < -0.39 is 17.7 Å². The summed E-state index contributed by atoms with van der Waals surface area (Å²) in [6, 6.07) is 9.75. The van der Waals surface area contributed by atoms with Crippen LogP contribution < -0.4 is 15.8 Å². The third kappa shape index (κ3) is 3.79. The van der Waals surface area contributed by atoms with Gasteiger partial charge in [-0.1, -0.05) is 19.1 Å². The number of nitrogens with one attached hydrogen (secondary N) is 1. The van der Waals surface area contributed by atoms with Crippen LogP contribution in [-0.4, -0.2) is 29.4 Å². The Hall–Kier alpha value is -2.87. The first kappa shape index (κ1) is 20.4. The number of hydrogen-bond acceptors (Lipinski definition) is 5. The number of rotatable bonds is 4. The van der Waals surface area contributed by atoms with Gasteiger partial charge in [-0.2, -0.15) is 18.3 Å². The van der Waals surface area contributed by atoms with Crippen LogP contribution in [0.4, 0.5) is 19.0 Å². The highest BCUT2D eigenvalue weighted by atomic mass is 19.4. The zero-order valence-corrected chi connectivity index (χ0v) is 16.8. The average molecular weight is 416 g/mol. The molecular formula is C22H23F3N4O. The van der Waals surface area contributed by atoms with E-state index in [1.165, 1.54) is 13.0 Å². The lowest BCUT2D eigenvalue weighted by molar-refractivity contribution is -0.138. The van der Waals surface area contributed by atoms with Gasteiger partial charge in [0.15, 0.2) is 5.82 Å². The van der Waals surface area contributed by atoms with E-state index in [4.69, 9.17) is 10.5 Å². The van der Waals surface area contributed by atoms with Crippen LogP contribution in [0.3, 0.4) is 0 Å². The molecule has 1 aromatic heterocycles. The summed E-state index contributed by atoms with van der Waals surface area (Å²) in [4.78, 5) is 0. The van der Waals surface area contributed by atoms with E-state index >= 15 is 0 Å². The lowest BCUT2D eigenvalue weighted by Crippen LogP contribution is -2.19. The standard InChI is InChI=1S/C22H23F3N4O/c1-12-16(4-3-5-19(12)22(23,24)25)13(2)20-17-7-6-14(30-15-8-9-27-11-15)10-18(17)21(26)29-28-20/h3-7,10,13,15,27H,8-9,11H2,1-2H3,(H2,26,29)/t13-,15+/m1/s1. The molecule has 3 aromatic rings. The van der Waals surface area contributed by atoms with Crippen molar-refractivity contribution in [3.63, 3.8) is 0 Å². The number of fused-ring (bicyclic) bond motifs is 1. The van der Waals surface area contributed by atoms with Crippen molar-refractivity contribution in [3.8, 4) is 5.75 Å². The molecule has 0 aliphatic carbocycles. The van der Waals surface area contributed by atoms with E-state index in [1.54, 1.807) is 6.07 Å². The van der Waals surface area contributed by atoms with E-state index in [2.05, 4.69) is 15.5 Å². The SMILES string of the molecule is Cc1c([C@@H](C)c2nnc(N)c3cc(O[C@H]4CCNC4)ccc23)cccc1C(F)(F)F. The first-order chi connectivity index (χ1) is 14.3. The van der Waals surface area contributed by atoms with Crippen LogP contribution in [0.25, 0.3) is 10.8 Å². The predicted molar refractivity (Wildman–Crippen MR) is 110 cm³/mol. The number of nitrogen functional groups attached to an aromatic ring is 1. The number of nitrogens with two attached hydrogens (primary N) is 1. The van der Waals surface area contributed by atoms with Crippen molar-refractivity contribution < 1.29 is 17.9 Å².